The van der Waals surface area contributed by atoms with E-state index >= 15 is 0 Å². The van der Waals surface area contributed by atoms with Crippen LogP contribution in [0, 0.1) is 17.2 Å². The second kappa shape index (κ2) is 5.60. The zero-order valence-corrected chi connectivity index (χ0v) is 10.7. The van der Waals surface area contributed by atoms with Crippen LogP contribution in [0.1, 0.15) is 20.8 Å². The van der Waals surface area contributed by atoms with Gasteiger partial charge in [0.25, 0.3) is 0 Å². The van der Waals surface area contributed by atoms with Crippen molar-refractivity contribution >= 4 is 23.9 Å². The number of carbonyl (C=O) groups is 1. The minimum Gasteiger partial charge on any atom is -0.349 e. The number of ketones is 1. The predicted octanol–water partition coefficient (Wildman–Crippen LogP) is 2.16. The molecule has 0 spiro atoms. The molecule has 0 N–H and O–H groups in total. The molecule has 0 aliphatic carbocycles. The van der Waals surface area contributed by atoms with Gasteiger partial charge < -0.3 is 4.52 Å². The van der Waals surface area contributed by atoms with Gasteiger partial charge in [0, 0.05) is 0 Å². The van der Waals surface area contributed by atoms with E-state index in [2.05, 4.69) is 0 Å². The monoisotopic (exact) mass is 233 g/mol. The van der Waals surface area contributed by atoms with Gasteiger partial charge in [-0.25, -0.2) is 0 Å². The van der Waals surface area contributed by atoms with Gasteiger partial charge in [-0.1, -0.05) is 25.7 Å². The molecule has 0 unspecified atom stereocenters. The van der Waals surface area contributed by atoms with Crippen molar-refractivity contribution in [3.63, 3.8) is 0 Å². The van der Waals surface area contributed by atoms with Gasteiger partial charge >= 0.3 is 0 Å². The Morgan fingerprint density at radius 1 is 1.64 bits per heavy atom. The van der Waals surface area contributed by atoms with Gasteiger partial charge in [-0.05, 0) is 19.5 Å². The summed E-state index contributed by atoms with van der Waals surface area (Å²) in [7, 11) is 0. The summed E-state index contributed by atoms with van der Waals surface area (Å²) in [5, 5.41) is 8.81. The molecule has 2 atom stereocenters. The molecule has 5 heteroatoms. The Balaban J connectivity index is 4.52. The summed E-state index contributed by atoms with van der Waals surface area (Å²) in [4.78, 5) is 11.1. The first-order valence-corrected chi connectivity index (χ1v) is 7.66. The Labute approximate surface area is 90.5 Å². The normalized spacial score (nSPS) is 17.1. The summed E-state index contributed by atoms with van der Waals surface area (Å²) < 4.78 is 5.49. The molecule has 3 nitrogen and oxygen atoms in total. The van der Waals surface area contributed by atoms with Gasteiger partial charge in [-0.15, -0.1) is 0 Å². The van der Waals surface area contributed by atoms with E-state index in [1.807, 2.05) is 19.9 Å². The van der Waals surface area contributed by atoms with Crippen LogP contribution in [0.5, 0.6) is 0 Å². The van der Waals surface area contributed by atoms with E-state index in [9.17, 15) is 4.79 Å². The minimum absolute atomic E-state index is 0.193. The maximum atomic E-state index is 11.1. The Kier molecular flexibility index (Phi) is 5.51. The summed E-state index contributed by atoms with van der Waals surface area (Å²) in [5.41, 5.74) is -0.753. The maximum Gasteiger partial charge on any atom is 0.155 e. The SMILES string of the molecule is CC(=O)[C@@H](C#N)[P@@](C)(=S)OCC(C)C. The number of hydrogen-bond acceptors (Lipinski definition) is 4. The van der Waals surface area contributed by atoms with Crippen molar-refractivity contribution in [2.75, 3.05) is 13.3 Å². The molecular weight excluding hydrogens is 217 g/mol. The first-order valence-electron chi connectivity index (χ1n) is 4.43. The fourth-order valence-corrected chi connectivity index (χ4v) is 3.28. The number of Topliss-reactive ketones (excluding diaryl/α,β-unsaturated/α-hetero) is 1. The lowest BCUT2D eigenvalue weighted by Gasteiger charge is -2.21. The molecule has 0 radical (unpaired) electrons. The lowest BCUT2D eigenvalue weighted by atomic mass is 10.2. The molecule has 0 aromatic rings. The standard InChI is InChI=1S/C9H16NO2PS/c1-7(2)6-12-13(4,14)9(5-10)8(3)11/h7,9H,6H2,1-4H3/t9-,13-/m1/s1. The second-order valence-corrected chi connectivity index (χ2v) is 8.51. The smallest absolute Gasteiger partial charge is 0.155 e. The molecule has 0 saturated heterocycles. The Morgan fingerprint density at radius 2 is 2.14 bits per heavy atom. The first-order chi connectivity index (χ1) is 6.31. The van der Waals surface area contributed by atoms with E-state index in [0.717, 1.165) is 0 Å². The highest BCUT2D eigenvalue weighted by Gasteiger charge is 2.28. The van der Waals surface area contributed by atoms with E-state index in [-0.39, 0.29) is 5.78 Å². The highest BCUT2D eigenvalue weighted by Crippen LogP contribution is 2.48. The lowest BCUT2D eigenvalue weighted by Crippen LogP contribution is -2.17. The summed E-state index contributed by atoms with van der Waals surface area (Å²) >= 11 is 5.20. The van der Waals surface area contributed by atoms with Crippen LogP contribution in [0.2, 0.25) is 0 Å². The molecule has 0 saturated carbocycles. The van der Waals surface area contributed by atoms with Crippen LogP contribution in [0.25, 0.3) is 0 Å². The molecule has 0 heterocycles. The van der Waals surface area contributed by atoms with Crippen LogP contribution < -0.4 is 0 Å². The van der Waals surface area contributed by atoms with Crippen molar-refractivity contribution in [1.82, 2.24) is 0 Å². The summed E-state index contributed by atoms with van der Waals surface area (Å²) in [6, 6.07) is 1.94. The van der Waals surface area contributed by atoms with Crippen molar-refractivity contribution < 1.29 is 9.32 Å². The Morgan fingerprint density at radius 3 is 2.43 bits per heavy atom. The third-order valence-electron chi connectivity index (χ3n) is 1.64. The zero-order valence-electron chi connectivity index (χ0n) is 8.98. The van der Waals surface area contributed by atoms with Crippen molar-refractivity contribution in [2.45, 2.75) is 26.4 Å². The lowest BCUT2D eigenvalue weighted by molar-refractivity contribution is -0.115. The van der Waals surface area contributed by atoms with Crippen molar-refractivity contribution in [3.8, 4) is 6.07 Å². The minimum atomic E-state index is -2.29. The summed E-state index contributed by atoms with van der Waals surface area (Å²) in [6.45, 7) is 7.62. The molecule has 0 rings (SSSR count). The van der Waals surface area contributed by atoms with Gasteiger partial charge in [0.05, 0.1) is 18.9 Å². The van der Waals surface area contributed by atoms with Gasteiger partial charge in [0.2, 0.25) is 0 Å². The number of rotatable bonds is 5. The number of hydrogen-bond donors (Lipinski definition) is 0. The number of carbonyl (C=O) groups excluding carboxylic acids is 1. The molecule has 80 valence electrons. The van der Waals surface area contributed by atoms with Crippen molar-refractivity contribution in [3.05, 3.63) is 0 Å². The van der Waals surface area contributed by atoms with Gasteiger partial charge in [0.15, 0.2) is 11.4 Å². The van der Waals surface area contributed by atoms with Gasteiger partial charge in [-0.3, -0.25) is 4.79 Å². The highest BCUT2D eigenvalue weighted by molar-refractivity contribution is 8.12. The average Bonchev–Trinajstić information content (AvgIpc) is 2.01. The fraction of sp³-hybridized carbons (Fsp3) is 0.778. The summed E-state index contributed by atoms with van der Waals surface area (Å²) in [5.74, 6) is 0.172. The van der Waals surface area contributed by atoms with E-state index in [1.165, 1.54) is 6.92 Å². The Hall–Kier alpha value is -0.230. The Bertz CT molecular complexity index is 296. The molecule has 0 aromatic heterocycles. The number of nitriles is 1. The largest absolute Gasteiger partial charge is 0.349 e. The molecule has 14 heavy (non-hydrogen) atoms. The highest BCUT2D eigenvalue weighted by atomic mass is 32.4. The zero-order chi connectivity index (χ0) is 11.4. The molecule has 0 aliphatic heterocycles. The molecule has 0 aromatic carbocycles. The van der Waals surface area contributed by atoms with Crippen molar-refractivity contribution in [2.24, 2.45) is 5.92 Å². The van der Waals surface area contributed by atoms with Gasteiger partial charge in [0.1, 0.15) is 0 Å². The quantitative estimate of drug-likeness (QED) is 0.683. The van der Waals surface area contributed by atoms with E-state index in [0.29, 0.717) is 12.5 Å². The molecule has 0 bridgehead atoms. The van der Waals surface area contributed by atoms with Crippen LogP contribution >= 0.6 is 6.26 Å². The van der Waals surface area contributed by atoms with E-state index < -0.39 is 11.9 Å². The third kappa shape index (κ3) is 4.32. The summed E-state index contributed by atoms with van der Waals surface area (Å²) in [6.07, 6.45) is -2.29. The number of nitrogens with zero attached hydrogens (tertiary/aromatic N) is 1. The van der Waals surface area contributed by atoms with Crippen LogP contribution in [-0.4, -0.2) is 24.7 Å². The second-order valence-electron chi connectivity index (χ2n) is 3.74. The molecule has 0 amide bonds. The molecule has 0 aliphatic rings. The average molecular weight is 233 g/mol. The van der Waals surface area contributed by atoms with Crippen LogP contribution in [0.15, 0.2) is 0 Å². The van der Waals surface area contributed by atoms with Crippen LogP contribution in [0.3, 0.4) is 0 Å². The maximum absolute atomic E-state index is 11.1. The van der Waals surface area contributed by atoms with E-state index in [4.69, 9.17) is 21.6 Å². The van der Waals surface area contributed by atoms with Crippen molar-refractivity contribution in [1.29, 1.82) is 5.26 Å². The first kappa shape index (κ1) is 13.8. The van der Waals surface area contributed by atoms with Gasteiger partial charge in [-0.2, -0.15) is 5.26 Å². The fourth-order valence-electron chi connectivity index (χ4n) is 0.898. The molecule has 0 fully saturated rings. The van der Waals surface area contributed by atoms with Crippen LogP contribution in [0.4, 0.5) is 0 Å². The molecular formula is C9H16NO2PS. The third-order valence-corrected chi connectivity index (χ3v) is 4.67. The predicted molar refractivity (Wildman–Crippen MR) is 61.1 cm³/mol. The van der Waals surface area contributed by atoms with Crippen LogP contribution in [-0.2, 0) is 21.1 Å². The van der Waals surface area contributed by atoms with E-state index in [1.54, 1.807) is 6.66 Å². The topological polar surface area (TPSA) is 50.1 Å².